The van der Waals surface area contributed by atoms with Crippen molar-refractivity contribution < 1.29 is 4.74 Å². The predicted octanol–water partition coefficient (Wildman–Crippen LogP) is 5.02. The number of benzene rings is 2. The Labute approximate surface area is 120 Å². The first-order valence-corrected chi connectivity index (χ1v) is 6.72. The summed E-state index contributed by atoms with van der Waals surface area (Å²) in [5.41, 5.74) is 2.66. The van der Waals surface area contributed by atoms with Gasteiger partial charge < -0.3 is 4.74 Å². The Kier molecular flexibility index (Phi) is 4.16. The van der Waals surface area contributed by atoms with Gasteiger partial charge in [0.2, 0.25) is 0 Å². The van der Waals surface area contributed by atoms with E-state index in [-0.39, 0.29) is 5.41 Å². The highest BCUT2D eigenvalue weighted by molar-refractivity contribution is 6.30. The van der Waals surface area contributed by atoms with Gasteiger partial charge in [-0.2, -0.15) is 0 Å². The molecule has 0 saturated carbocycles. The van der Waals surface area contributed by atoms with Gasteiger partial charge >= 0.3 is 0 Å². The highest BCUT2D eigenvalue weighted by Gasteiger charge is 2.12. The van der Waals surface area contributed by atoms with Gasteiger partial charge in [0.15, 0.2) is 0 Å². The Morgan fingerprint density at radius 3 is 2.26 bits per heavy atom. The molecule has 2 rings (SSSR count). The standard InChI is InChI=1S/C17H18ClO/c1-17(2,3)14-6-4-13(5-7-14)12-19-16-10-8-15(18)9-11-16/h4-10H,12H2,1-3H3. The molecule has 0 aromatic heterocycles. The lowest BCUT2D eigenvalue weighted by molar-refractivity contribution is 0.305. The molecule has 0 spiro atoms. The van der Waals surface area contributed by atoms with Crippen molar-refractivity contribution in [1.82, 2.24) is 0 Å². The highest BCUT2D eigenvalue weighted by atomic mass is 35.5. The molecular weight excluding hydrogens is 256 g/mol. The van der Waals surface area contributed by atoms with Gasteiger partial charge in [0.05, 0.1) is 0 Å². The second-order valence-electron chi connectivity index (χ2n) is 5.61. The van der Waals surface area contributed by atoms with E-state index in [0.29, 0.717) is 17.4 Å². The van der Waals surface area contributed by atoms with E-state index in [0.717, 1.165) is 5.56 Å². The van der Waals surface area contributed by atoms with Crippen LogP contribution in [0.15, 0.2) is 42.5 Å². The molecule has 99 valence electrons. The first kappa shape index (κ1) is 14.0. The van der Waals surface area contributed by atoms with Crippen LogP contribution < -0.4 is 4.74 Å². The fraction of sp³-hybridized carbons (Fsp3) is 0.294. The first-order valence-electron chi connectivity index (χ1n) is 6.34. The summed E-state index contributed by atoms with van der Waals surface area (Å²) >= 11 is 5.80. The predicted molar refractivity (Wildman–Crippen MR) is 79.8 cm³/mol. The summed E-state index contributed by atoms with van der Waals surface area (Å²) in [7, 11) is 0. The fourth-order valence-corrected chi connectivity index (χ4v) is 1.86. The monoisotopic (exact) mass is 273 g/mol. The maximum absolute atomic E-state index is 5.80. The minimum atomic E-state index is 0.184. The molecule has 0 N–H and O–H groups in total. The van der Waals surface area contributed by atoms with Crippen LogP contribution in [0.5, 0.6) is 5.75 Å². The molecule has 0 saturated heterocycles. The average Bonchev–Trinajstić information content (AvgIpc) is 2.37. The summed E-state index contributed by atoms with van der Waals surface area (Å²) in [5, 5.41) is 0.668. The first-order chi connectivity index (χ1) is 8.95. The summed E-state index contributed by atoms with van der Waals surface area (Å²) in [6.45, 7) is 7.17. The van der Waals surface area contributed by atoms with E-state index < -0.39 is 0 Å². The van der Waals surface area contributed by atoms with Crippen molar-refractivity contribution in [2.75, 3.05) is 0 Å². The van der Waals surface area contributed by atoms with Crippen LogP contribution in [0.25, 0.3) is 0 Å². The van der Waals surface area contributed by atoms with Gasteiger partial charge in [-0.3, -0.25) is 0 Å². The van der Waals surface area contributed by atoms with E-state index in [1.807, 2.05) is 6.07 Å². The Hall–Kier alpha value is -1.47. The lowest BCUT2D eigenvalue weighted by Gasteiger charge is -2.19. The highest BCUT2D eigenvalue weighted by Crippen LogP contribution is 2.22. The summed E-state index contributed by atoms with van der Waals surface area (Å²) < 4.78 is 5.66. The van der Waals surface area contributed by atoms with Gasteiger partial charge in [-0.1, -0.05) is 56.6 Å². The fourth-order valence-electron chi connectivity index (χ4n) is 1.74. The summed E-state index contributed by atoms with van der Waals surface area (Å²) in [6, 6.07) is 16.9. The van der Waals surface area contributed by atoms with Gasteiger partial charge in [-0.15, -0.1) is 0 Å². The van der Waals surface area contributed by atoms with Crippen molar-refractivity contribution in [2.45, 2.75) is 32.8 Å². The van der Waals surface area contributed by atoms with E-state index >= 15 is 0 Å². The summed E-state index contributed by atoms with van der Waals surface area (Å²) in [6.07, 6.45) is 0. The maximum atomic E-state index is 5.80. The molecule has 2 aromatic carbocycles. The zero-order valence-corrected chi connectivity index (χ0v) is 12.3. The number of ether oxygens (including phenoxy) is 1. The van der Waals surface area contributed by atoms with Crippen molar-refractivity contribution in [2.24, 2.45) is 0 Å². The third-order valence-electron chi connectivity index (χ3n) is 2.96. The Morgan fingerprint density at radius 1 is 1.05 bits per heavy atom. The summed E-state index contributed by atoms with van der Waals surface area (Å²) in [4.78, 5) is 0. The minimum absolute atomic E-state index is 0.184. The molecular formula is C17H18ClO. The molecule has 2 aromatic rings. The molecule has 0 fully saturated rings. The topological polar surface area (TPSA) is 9.23 Å². The van der Waals surface area contributed by atoms with Crippen LogP contribution in [0.2, 0.25) is 5.02 Å². The molecule has 0 atom stereocenters. The van der Waals surface area contributed by atoms with Crippen LogP contribution >= 0.6 is 11.6 Å². The molecule has 2 heteroatoms. The van der Waals surface area contributed by atoms with Crippen LogP contribution in [0.4, 0.5) is 0 Å². The Morgan fingerprint density at radius 2 is 1.74 bits per heavy atom. The van der Waals surface area contributed by atoms with E-state index in [4.69, 9.17) is 16.3 Å². The van der Waals surface area contributed by atoms with E-state index in [2.05, 4.69) is 51.1 Å². The third kappa shape index (κ3) is 4.00. The quantitative estimate of drug-likeness (QED) is 0.763. The molecule has 0 amide bonds. The molecule has 19 heavy (non-hydrogen) atoms. The lowest BCUT2D eigenvalue weighted by atomic mass is 9.87. The number of rotatable bonds is 3. The number of hydrogen-bond donors (Lipinski definition) is 0. The van der Waals surface area contributed by atoms with Crippen molar-refractivity contribution in [3.63, 3.8) is 0 Å². The van der Waals surface area contributed by atoms with Crippen molar-refractivity contribution in [1.29, 1.82) is 0 Å². The molecule has 0 unspecified atom stereocenters. The number of hydrogen-bond acceptors (Lipinski definition) is 1. The molecule has 0 aliphatic rings. The van der Waals surface area contributed by atoms with Gasteiger partial charge in [-0.25, -0.2) is 0 Å². The summed E-state index contributed by atoms with van der Waals surface area (Å²) in [5.74, 6) is 0.712. The lowest BCUT2D eigenvalue weighted by Crippen LogP contribution is -2.10. The number of halogens is 1. The molecule has 1 nitrogen and oxygen atoms in total. The smallest absolute Gasteiger partial charge is 0.127 e. The zero-order chi connectivity index (χ0) is 13.9. The zero-order valence-electron chi connectivity index (χ0n) is 11.5. The van der Waals surface area contributed by atoms with E-state index in [1.54, 1.807) is 12.1 Å². The Balaban J connectivity index is 1.98. The van der Waals surface area contributed by atoms with E-state index in [9.17, 15) is 0 Å². The molecule has 0 bridgehead atoms. The minimum Gasteiger partial charge on any atom is -0.488 e. The van der Waals surface area contributed by atoms with Gasteiger partial charge in [0, 0.05) is 11.1 Å². The van der Waals surface area contributed by atoms with Crippen molar-refractivity contribution in [3.8, 4) is 5.75 Å². The van der Waals surface area contributed by atoms with Crippen LogP contribution in [0.3, 0.4) is 0 Å². The van der Waals surface area contributed by atoms with Gasteiger partial charge in [0.25, 0.3) is 0 Å². The van der Waals surface area contributed by atoms with Crippen LogP contribution in [-0.4, -0.2) is 0 Å². The molecule has 1 radical (unpaired) electrons. The van der Waals surface area contributed by atoms with Crippen molar-refractivity contribution >= 4 is 11.6 Å². The van der Waals surface area contributed by atoms with Crippen LogP contribution in [-0.2, 0) is 12.0 Å². The van der Waals surface area contributed by atoms with E-state index in [1.165, 1.54) is 5.56 Å². The van der Waals surface area contributed by atoms with Gasteiger partial charge in [0.1, 0.15) is 12.4 Å². The van der Waals surface area contributed by atoms with Crippen LogP contribution in [0.1, 0.15) is 31.9 Å². The largest absolute Gasteiger partial charge is 0.488 e. The van der Waals surface area contributed by atoms with Crippen molar-refractivity contribution in [3.05, 3.63) is 64.7 Å². The second kappa shape index (κ2) is 5.66. The average molecular weight is 274 g/mol. The SMILES string of the molecule is CC(C)(C)c1ccc(COc2[c]cc(Cl)cc2)cc1. The molecule has 0 aliphatic heterocycles. The normalized spacial score (nSPS) is 11.4. The van der Waals surface area contributed by atoms with Gasteiger partial charge in [-0.05, 0) is 34.7 Å². The third-order valence-corrected chi connectivity index (χ3v) is 3.20. The maximum Gasteiger partial charge on any atom is 0.127 e. The van der Waals surface area contributed by atoms with Crippen LogP contribution in [0, 0.1) is 6.07 Å². The Bertz CT molecular complexity index is 521. The molecule has 0 heterocycles. The molecule has 0 aliphatic carbocycles. The second-order valence-corrected chi connectivity index (χ2v) is 6.04.